The van der Waals surface area contributed by atoms with Gasteiger partial charge >= 0.3 is 0 Å². The second kappa shape index (κ2) is 4.48. The predicted molar refractivity (Wildman–Crippen MR) is 58.1 cm³/mol. The molecule has 2 N–H and O–H groups in total. The largest absolute Gasteiger partial charge is 0.273 e. The first kappa shape index (κ1) is 10.3. The fraction of sp³-hybridized carbons (Fsp3) is 0.571. The van der Waals surface area contributed by atoms with Crippen molar-refractivity contribution < 1.29 is 0 Å². The molecule has 0 spiro atoms. The van der Waals surface area contributed by atoms with E-state index in [9.17, 15) is 0 Å². The van der Waals surface area contributed by atoms with Crippen LogP contribution in [-0.2, 0) is 0 Å². The molecular weight excluding hydrogens is 204 g/mol. The lowest BCUT2D eigenvalue weighted by Gasteiger charge is -1.95. The molecule has 0 aromatic carbocycles. The van der Waals surface area contributed by atoms with Crippen molar-refractivity contribution >= 4 is 30.7 Å². The minimum atomic E-state index is 0.491. The Morgan fingerprint density at radius 1 is 1.38 bits per heavy atom. The zero-order chi connectivity index (χ0) is 9.84. The van der Waals surface area contributed by atoms with Gasteiger partial charge in [-0.2, -0.15) is 9.78 Å². The van der Waals surface area contributed by atoms with Gasteiger partial charge in [-0.05, 0) is 36.8 Å². The van der Waals surface area contributed by atoms with Crippen LogP contribution in [0.25, 0.3) is 0 Å². The van der Waals surface area contributed by atoms with E-state index in [4.69, 9.17) is 24.4 Å². The lowest BCUT2D eigenvalue weighted by Crippen LogP contribution is -1.92. The van der Waals surface area contributed by atoms with Gasteiger partial charge in [-0.1, -0.05) is 13.8 Å². The average molecular weight is 216 g/mol. The summed E-state index contributed by atoms with van der Waals surface area (Å²) in [5.41, 5.74) is 0. The molecule has 1 aromatic rings. The quantitative estimate of drug-likeness (QED) is 0.602. The Morgan fingerprint density at radius 3 is 2.38 bits per heavy atom. The fourth-order valence-electron chi connectivity index (χ4n) is 0.750. The molecule has 0 bridgehead atoms. The topological polar surface area (TPSA) is 48.9 Å². The Labute approximate surface area is 86.7 Å². The summed E-state index contributed by atoms with van der Waals surface area (Å²) in [6, 6.07) is 0. The van der Waals surface area contributed by atoms with Crippen molar-refractivity contribution in [1.29, 1.82) is 0 Å². The molecule has 0 saturated heterocycles. The van der Waals surface area contributed by atoms with E-state index in [1.807, 2.05) is 6.21 Å². The smallest absolute Gasteiger partial charge is 0.215 e. The summed E-state index contributed by atoms with van der Waals surface area (Å²) in [5, 5.41) is 9.55. The van der Waals surface area contributed by atoms with Crippen LogP contribution in [0, 0.1) is 15.5 Å². The van der Waals surface area contributed by atoms with E-state index in [0.29, 0.717) is 15.5 Å². The second-order valence-electron chi connectivity index (χ2n) is 3.10. The Hall–Kier alpha value is -0.750. The van der Waals surface area contributed by atoms with Gasteiger partial charge in [-0.15, -0.1) is 0 Å². The molecule has 0 amide bonds. The molecule has 1 heterocycles. The monoisotopic (exact) mass is 216 g/mol. The Bertz CT molecular complexity index is 368. The van der Waals surface area contributed by atoms with Crippen molar-refractivity contribution in [2.24, 2.45) is 11.0 Å². The first-order valence-electron chi connectivity index (χ1n) is 4.03. The third-order valence-corrected chi connectivity index (χ3v) is 1.99. The van der Waals surface area contributed by atoms with Crippen molar-refractivity contribution in [3.8, 4) is 0 Å². The van der Waals surface area contributed by atoms with Crippen molar-refractivity contribution in [2.45, 2.75) is 20.3 Å². The standard InChI is InChI=1S/C7H12N4S2/c1-5(2)3-4-8-11-6(12)9-10-7(11)13/h4-5H,3H2,1-2H3,(H,9,12)(H,10,13)/b8-4+. The van der Waals surface area contributed by atoms with Crippen molar-refractivity contribution in [1.82, 2.24) is 14.9 Å². The highest BCUT2D eigenvalue weighted by Crippen LogP contribution is 1.96. The van der Waals surface area contributed by atoms with Gasteiger partial charge in [0.15, 0.2) is 0 Å². The van der Waals surface area contributed by atoms with Gasteiger partial charge in [0.1, 0.15) is 0 Å². The van der Waals surface area contributed by atoms with Gasteiger partial charge in [0.05, 0.1) is 0 Å². The molecule has 0 atom stereocenters. The first-order chi connectivity index (χ1) is 6.11. The number of H-pyrrole nitrogens is 2. The van der Waals surface area contributed by atoms with Gasteiger partial charge in [0.2, 0.25) is 9.54 Å². The molecule has 4 nitrogen and oxygen atoms in total. The van der Waals surface area contributed by atoms with Crippen LogP contribution in [-0.4, -0.2) is 21.1 Å². The highest BCUT2D eigenvalue weighted by Gasteiger charge is 1.92. The van der Waals surface area contributed by atoms with Gasteiger partial charge in [-0.25, -0.2) is 0 Å². The molecule has 0 aliphatic carbocycles. The van der Waals surface area contributed by atoms with E-state index in [1.54, 1.807) is 0 Å². The van der Waals surface area contributed by atoms with Crippen LogP contribution in [0.5, 0.6) is 0 Å². The van der Waals surface area contributed by atoms with Crippen LogP contribution >= 0.6 is 24.4 Å². The fourth-order valence-corrected chi connectivity index (χ4v) is 1.19. The van der Waals surface area contributed by atoms with Crippen molar-refractivity contribution in [2.75, 3.05) is 0 Å². The van der Waals surface area contributed by atoms with Crippen molar-refractivity contribution in [3.05, 3.63) is 9.54 Å². The van der Waals surface area contributed by atoms with Gasteiger partial charge in [-0.3, -0.25) is 10.2 Å². The number of rotatable bonds is 3. The summed E-state index contributed by atoms with van der Waals surface area (Å²) in [5.74, 6) is 0.592. The van der Waals surface area contributed by atoms with Crippen LogP contribution in [0.2, 0.25) is 0 Å². The average Bonchev–Trinajstić information content (AvgIpc) is 2.34. The normalized spacial score (nSPS) is 11.6. The van der Waals surface area contributed by atoms with Gasteiger partial charge in [0, 0.05) is 6.21 Å². The highest BCUT2D eigenvalue weighted by molar-refractivity contribution is 7.72. The number of hydrogen-bond acceptors (Lipinski definition) is 3. The molecule has 0 unspecified atom stereocenters. The van der Waals surface area contributed by atoms with Crippen LogP contribution in [0.15, 0.2) is 5.10 Å². The van der Waals surface area contributed by atoms with Crippen LogP contribution in [0.1, 0.15) is 20.3 Å². The summed E-state index contributed by atoms with van der Waals surface area (Å²) in [4.78, 5) is 0. The zero-order valence-electron chi connectivity index (χ0n) is 7.57. The zero-order valence-corrected chi connectivity index (χ0v) is 9.21. The van der Waals surface area contributed by atoms with Crippen LogP contribution < -0.4 is 0 Å². The Kier molecular flexibility index (Phi) is 3.56. The van der Waals surface area contributed by atoms with E-state index in [-0.39, 0.29) is 0 Å². The summed E-state index contributed by atoms with van der Waals surface area (Å²) < 4.78 is 2.47. The second-order valence-corrected chi connectivity index (χ2v) is 3.87. The lowest BCUT2D eigenvalue weighted by atomic mass is 10.2. The molecule has 0 fully saturated rings. The predicted octanol–water partition coefficient (Wildman–Crippen LogP) is 2.48. The van der Waals surface area contributed by atoms with E-state index < -0.39 is 0 Å². The Morgan fingerprint density at radius 2 is 1.92 bits per heavy atom. The first-order valence-corrected chi connectivity index (χ1v) is 4.85. The van der Waals surface area contributed by atoms with E-state index >= 15 is 0 Å². The number of hydrogen-bond donors (Lipinski definition) is 2. The SMILES string of the molecule is CC(C)C/C=N/n1c(=S)[nH][nH]c1=S. The molecule has 0 aliphatic heterocycles. The molecule has 0 radical (unpaired) electrons. The number of nitrogens with zero attached hydrogens (tertiary/aromatic N) is 2. The van der Waals surface area contributed by atoms with E-state index in [1.165, 1.54) is 4.68 Å². The number of nitrogens with one attached hydrogen (secondary N) is 2. The maximum Gasteiger partial charge on any atom is 0.215 e. The molecule has 6 heteroatoms. The van der Waals surface area contributed by atoms with Crippen LogP contribution in [0.3, 0.4) is 0 Å². The summed E-state index contributed by atoms with van der Waals surface area (Å²) in [6.45, 7) is 4.26. The molecule has 1 aromatic heterocycles. The van der Waals surface area contributed by atoms with Gasteiger partial charge < -0.3 is 0 Å². The van der Waals surface area contributed by atoms with Gasteiger partial charge in [0.25, 0.3) is 0 Å². The summed E-state index contributed by atoms with van der Waals surface area (Å²) in [7, 11) is 0. The third kappa shape index (κ3) is 2.89. The minimum Gasteiger partial charge on any atom is -0.273 e. The number of aromatic nitrogens is 3. The molecule has 1 rings (SSSR count). The van der Waals surface area contributed by atoms with E-state index in [0.717, 1.165) is 6.42 Å². The molecule has 0 saturated carbocycles. The summed E-state index contributed by atoms with van der Waals surface area (Å²) >= 11 is 9.90. The minimum absolute atomic E-state index is 0.491. The summed E-state index contributed by atoms with van der Waals surface area (Å²) in [6.07, 6.45) is 2.74. The highest BCUT2D eigenvalue weighted by atomic mass is 32.1. The maximum absolute atomic E-state index is 4.95. The van der Waals surface area contributed by atoms with Crippen molar-refractivity contribution in [3.63, 3.8) is 0 Å². The van der Waals surface area contributed by atoms with Crippen LogP contribution in [0.4, 0.5) is 0 Å². The maximum atomic E-state index is 4.95. The molecule has 72 valence electrons. The molecular formula is C7H12N4S2. The number of aromatic amines is 2. The molecule has 13 heavy (non-hydrogen) atoms. The molecule has 0 aliphatic rings. The third-order valence-electron chi connectivity index (χ3n) is 1.44. The lowest BCUT2D eigenvalue weighted by molar-refractivity contribution is 0.685. The van der Waals surface area contributed by atoms with E-state index in [2.05, 4.69) is 29.1 Å². The Balaban J connectivity index is 2.80.